The third-order valence-corrected chi connectivity index (χ3v) is 7.18. The molecule has 40 heavy (non-hydrogen) atoms. The number of anilines is 1. The van der Waals surface area contributed by atoms with Crippen LogP contribution in [0.5, 0.6) is 5.75 Å². The Balaban J connectivity index is 0.000000285. The largest absolute Gasteiger partial charge is 0.435 e. The molecule has 2 aromatic carbocycles. The standard InChI is InChI=1S/C19H21ClN2O4S.C8H7F2NO2/c1-26-12-16(11-23)27-22-8-2-3-17(19(22)25)21-10-14(9-18(21)24)13-4-6-15(20)7-5-13;9-8(10)13-6-3-1-5(2-4-6)7(11)12/h2-8,14,16,23H,9-12H2,1H3;1-4,8H,(H2,11,12). The fourth-order valence-corrected chi connectivity index (χ4v) is 4.96. The van der Waals surface area contributed by atoms with E-state index in [2.05, 4.69) is 4.74 Å². The Morgan fingerprint density at radius 2 is 1.82 bits per heavy atom. The normalized spacial score (nSPS) is 15.5. The lowest BCUT2D eigenvalue weighted by atomic mass is 9.98. The first kappa shape index (κ1) is 31.1. The van der Waals surface area contributed by atoms with E-state index >= 15 is 0 Å². The molecule has 3 N–H and O–H groups in total. The molecular weight excluding hydrogens is 568 g/mol. The number of alkyl halides is 2. The van der Waals surface area contributed by atoms with Gasteiger partial charge in [0.2, 0.25) is 11.8 Å². The summed E-state index contributed by atoms with van der Waals surface area (Å²) in [4.78, 5) is 37.5. The van der Waals surface area contributed by atoms with Gasteiger partial charge in [-0.1, -0.05) is 23.7 Å². The van der Waals surface area contributed by atoms with E-state index in [9.17, 15) is 28.3 Å². The minimum absolute atomic E-state index is 0.000000000000000444. The van der Waals surface area contributed by atoms with Crippen LogP contribution in [0.15, 0.2) is 71.7 Å². The highest BCUT2D eigenvalue weighted by Gasteiger charge is 2.33. The zero-order chi connectivity index (χ0) is 29.2. The number of aromatic nitrogens is 1. The van der Waals surface area contributed by atoms with Crippen LogP contribution < -0.4 is 20.9 Å². The molecule has 1 aliphatic heterocycles. The van der Waals surface area contributed by atoms with Crippen molar-refractivity contribution in [3.05, 3.63) is 93.4 Å². The minimum atomic E-state index is -2.86. The molecule has 0 radical (unpaired) electrons. The Labute approximate surface area is 238 Å². The zero-order valence-corrected chi connectivity index (χ0v) is 23.0. The van der Waals surface area contributed by atoms with Crippen molar-refractivity contribution in [3.8, 4) is 5.75 Å². The van der Waals surface area contributed by atoms with E-state index in [-0.39, 0.29) is 40.6 Å². The van der Waals surface area contributed by atoms with E-state index in [1.54, 1.807) is 42.5 Å². The van der Waals surface area contributed by atoms with Crippen LogP contribution in [0.4, 0.5) is 14.5 Å². The number of methoxy groups -OCH3 is 1. The molecule has 3 aromatic rings. The van der Waals surface area contributed by atoms with Crippen molar-refractivity contribution in [2.75, 3.05) is 31.8 Å². The Kier molecular flexibility index (Phi) is 11.5. The molecule has 2 unspecified atom stereocenters. The summed E-state index contributed by atoms with van der Waals surface area (Å²) in [5, 5.41) is 9.81. The first-order chi connectivity index (χ1) is 19.1. The van der Waals surface area contributed by atoms with E-state index in [1.807, 2.05) is 12.1 Å². The molecule has 1 aromatic heterocycles. The number of ether oxygens (including phenoxy) is 2. The summed E-state index contributed by atoms with van der Waals surface area (Å²) in [5.74, 6) is -0.664. The molecule has 13 heteroatoms. The minimum Gasteiger partial charge on any atom is -0.435 e. The molecule has 0 bridgehead atoms. The highest BCUT2D eigenvalue weighted by Crippen LogP contribution is 2.31. The van der Waals surface area contributed by atoms with Gasteiger partial charge in [-0.15, -0.1) is 0 Å². The van der Waals surface area contributed by atoms with Crippen molar-refractivity contribution >= 4 is 41.1 Å². The maximum absolute atomic E-state index is 12.9. The number of rotatable bonds is 10. The van der Waals surface area contributed by atoms with Gasteiger partial charge in [0.15, 0.2) is 0 Å². The third-order valence-electron chi connectivity index (χ3n) is 5.83. The molecule has 0 aliphatic carbocycles. The second kappa shape index (κ2) is 14.8. The predicted octanol–water partition coefficient (Wildman–Crippen LogP) is 3.91. The zero-order valence-electron chi connectivity index (χ0n) is 21.4. The number of hydrogen-bond donors (Lipinski definition) is 2. The van der Waals surface area contributed by atoms with Gasteiger partial charge in [-0.3, -0.25) is 18.4 Å². The average Bonchev–Trinajstić information content (AvgIpc) is 3.31. The number of aliphatic hydroxyl groups is 1. The summed E-state index contributed by atoms with van der Waals surface area (Å²) in [6.45, 7) is -2.21. The van der Waals surface area contributed by atoms with Gasteiger partial charge in [-0.2, -0.15) is 8.78 Å². The molecule has 1 fully saturated rings. The number of aliphatic hydroxyl groups excluding tert-OH is 1. The number of amides is 2. The van der Waals surface area contributed by atoms with E-state index < -0.39 is 12.5 Å². The maximum atomic E-state index is 12.9. The summed E-state index contributed by atoms with van der Waals surface area (Å²) >= 11 is 7.12. The number of nitrogens with zero attached hydrogens (tertiary/aromatic N) is 2. The van der Waals surface area contributed by atoms with Crippen molar-refractivity contribution in [1.82, 2.24) is 3.97 Å². The molecule has 0 saturated carbocycles. The number of halogens is 3. The fraction of sp³-hybridized carbons (Fsp3) is 0.296. The Morgan fingerprint density at radius 1 is 1.15 bits per heavy atom. The van der Waals surface area contributed by atoms with Crippen molar-refractivity contribution in [2.24, 2.45) is 5.73 Å². The summed E-state index contributed by atoms with van der Waals surface area (Å²) in [6, 6.07) is 16.0. The molecule has 9 nitrogen and oxygen atoms in total. The van der Waals surface area contributed by atoms with Crippen LogP contribution in [-0.4, -0.2) is 59.6 Å². The van der Waals surface area contributed by atoms with Gasteiger partial charge in [-0.05, 0) is 66.0 Å². The Morgan fingerprint density at radius 3 is 2.40 bits per heavy atom. The summed E-state index contributed by atoms with van der Waals surface area (Å²) in [5.41, 5.74) is 6.29. The van der Waals surface area contributed by atoms with Crippen molar-refractivity contribution in [2.45, 2.75) is 24.2 Å². The van der Waals surface area contributed by atoms with Crippen LogP contribution in [0.3, 0.4) is 0 Å². The Bertz CT molecular complexity index is 1340. The third kappa shape index (κ3) is 8.52. The molecule has 0 spiro atoms. The second-order valence-electron chi connectivity index (χ2n) is 8.61. The molecule has 2 amide bonds. The lowest BCUT2D eigenvalue weighted by Crippen LogP contribution is -2.32. The van der Waals surface area contributed by atoms with Crippen LogP contribution in [0.25, 0.3) is 0 Å². The van der Waals surface area contributed by atoms with Crippen molar-refractivity contribution < 1.29 is 33.0 Å². The van der Waals surface area contributed by atoms with E-state index in [0.29, 0.717) is 30.3 Å². The summed E-state index contributed by atoms with van der Waals surface area (Å²) < 4.78 is 33.9. The number of nitrogens with two attached hydrogens (primary N) is 1. The van der Waals surface area contributed by atoms with Crippen molar-refractivity contribution in [1.29, 1.82) is 0 Å². The molecule has 1 saturated heterocycles. The van der Waals surface area contributed by atoms with Gasteiger partial charge in [0.1, 0.15) is 11.4 Å². The van der Waals surface area contributed by atoms with Gasteiger partial charge in [0.25, 0.3) is 5.56 Å². The maximum Gasteiger partial charge on any atom is 0.387 e. The van der Waals surface area contributed by atoms with Gasteiger partial charge in [0.05, 0.1) is 18.5 Å². The first-order valence-electron chi connectivity index (χ1n) is 12.0. The molecular formula is C27H28ClF2N3O6S. The van der Waals surface area contributed by atoms with E-state index in [4.69, 9.17) is 22.1 Å². The fourth-order valence-electron chi connectivity index (χ4n) is 3.91. The second-order valence-corrected chi connectivity index (χ2v) is 10.3. The number of carbonyl (C=O) groups is 2. The van der Waals surface area contributed by atoms with Gasteiger partial charge >= 0.3 is 6.61 Å². The number of hydrogen-bond acceptors (Lipinski definition) is 7. The number of carbonyl (C=O) groups excluding carboxylic acids is 2. The molecule has 214 valence electrons. The van der Waals surface area contributed by atoms with Crippen LogP contribution in [-0.2, 0) is 9.53 Å². The SMILES string of the molecule is COCC(CO)Sn1cccc(N2CC(c3ccc(Cl)cc3)CC2=O)c1=O.NC(=O)c1ccc(OC(F)F)cc1. The lowest BCUT2D eigenvalue weighted by Gasteiger charge is -2.19. The lowest BCUT2D eigenvalue weighted by molar-refractivity contribution is -0.117. The quantitative estimate of drug-likeness (QED) is 0.364. The number of benzene rings is 2. The van der Waals surface area contributed by atoms with Gasteiger partial charge < -0.3 is 25.2 Å². The predicted molar refractivity (Wildman–Crippen MR) is 149 cm³/mol. The van der Waals surface area contributed by atoms with Crippen LogP contribution in [0.1, 0.15) is 28.3 Å². The van der Waals surface area contributed by atoms with Crippen LogP contribution >= 0.6 is 23.5 Å². The first-order valence-corrected chi connectivity index (χ1v) is 13.2. The topological polar surface area (TPSA) is 124 Å². The number of primary amides is 1. The Hall–Kier alpha value is -3.45. The van der Waals surface area contributed by atoms with Crippen LogP contribution in [0.2, 0.25) is 5.02 Å². The molecule has 2 atom stereocenters. The van der Waals surface area contributed by atoms with Gasteiger partial charge in [0, 0.05) is 42.8 Å². The molecule has 4 rings (SSSR count). The molecule has 1 aliphatic rings. The monoisotopic (exact) mass is 595 g/mol. The summed E-state index contributed by atoms with van der Waals surface area (Å²) in [7, 11) is 1.54. The highest BCUT2D eigenvalue weighted by molar-refractivity contribution is 7.98. The van der Waals surface area contributed by atoms with Gasteiger partial charge in [-0.25, -0.2) is 0 Å². The smallest absolute Gasteiger partial charge is 0.387 e. The van der Waals surface area contributed by atoms with Crippen molar-refractivity contribution in [3.63, 3.8) is 0 Å². The summed E-state index contributed by atoms with van der Waals surface area (Å²) in [6.07, 6.45) is 1.98. The highest BCUT2D eigenvalue weighted by atomic mass is 35.5. The average molecular weight is 596 g/mol. The number of pyridine rings is 1. The van der Waals surface area contributed by atoms with Crippen LogP contribution in [0, 0.1) is 0 Å². The molecule has 2 heterocycles. The van der Waals surface area contributed by atoms with E-state index in [0.717, 1.165) is 5.56 Å². The van der Waals surface area contributed by atoms with E-state index in [1.165, 1.54) is 40.2 Å².